The van der Waals surface area contributed by atoms with Crippen LogP contribution in [0.1, 0.15) is 42.5 Å². The highest BCUT2D eigenvalue weighted by Crippen LogP contribution is 2.39. The molecule has 2 aliphatic carbocycles. The van der Waals surface area contributed by atoms with Crippen LogP contribution in [-0.4, -0.2) is 45.3 Å². The number of hydrogen-bond acceptors (Lipinski definition) is 6. The van der Waals surface area contributed by atoms with E-state index in [1.165, 1.54) is 12.4 Å². The Morgan fingerprint density at radius 2 is 2.06 bits per heavy atom. The van der Waals surface area contributed by atoms with E-state index < -0.39 is 16.4 Å². The molecule has 32 heavy (non-hydrogen) atoms. The molecule has 0 bridgehead atoms. The van der Waals surface area contributed by atoms with Gasteiger partial charge in [-0.05, 0) is 55.0 Å². The lowest BCUT2D eigenvalue weighted by molar-refractivity contribution is 0.133. The fourth-order valence-corrected chi connectivity index (χ4v) is 5.44. The van der Waals surface area contributed by atoms with Crippen LogP contribution in [0.4, 0.5) is 10.2 Å². The van der Waals surface area contributed by atoms with Crippen molar-refractivity contribution in [2.75, 3.05) is 11.9 Å². The fourth-order valence-electron chi connectivity index (χ4n) is 5.01. The molecule has 4 atom stereocenters. The summed E-state index contributed by atoms with van der Waals surface area (Å²) in [5, 5.41) is 14.7. The maximum atomic E-state index is 13.5. The third-order valence-electron chi connectivity index (χ3n) is 6.56. The first kappa shape index (κ1) is 21.3. The molecule has 4 N–H and O–H groups in total. The van der Waals surface area contributed by atoms with Crippen LogP contribution >= 0.6 is 0 Å². The second kappa shape index (κ2) is 8.07. The number of rotatable bonds is 6. The van der Waals surface area contributed by atoms with Gasteiger partial charge in [-0.3, -0.25) is 4.55 Å². The Kier molecular flexibility index (Phi) is 5.36. The molecule has 11 heteroatoms. The van der Waals surface area contributed by atoms with Crippen LogP contribution in [0.3, 0.4) is 0 Å². The van der Waals surface area contributed by atoms with Crippen molar-refractivity contribution < 1.29 is 22.5 Å². The molecule has 9 nitrogen and oxygen atoms in total. The summed E-state index contributed by atoms with van der Waals surface area (Å²) in [6.45, 7) is -0.0286. The molecule has 2 aliphatic rings. The zero-order valence-corrected chi connectivity index (χ0v) is 18.0. The Morgan fingerprint density at radius 3 is 2.88 bits per heavy atom. The summed E-state index contributed by atoms with van der Waals surface area (Å²) >= 11 is 0. The summed E-state index contributed by atoms with van der Waals surface area (Å²) < 4.78 is 48.4. The number of hydrogen-bond donors (Lipinski definition) is 4. The summed E-state index contributed by atoms with van der Waals surface area (Å²) in [5.74, 6) is 0.156. The van der Waals surface area contributed by atoms with Crippen molar-refractivity contribution in [3.05, 3.63) is 53.7 Å². The van der Waals surface area contributed by atoms with Crippen LogP contribution < -0.4 is 10.0 Å². The Morgan fingerprint density at radius 1 is 1.22 bits per heavy atom. The van der Waals surface area contributed by atoms with E-state index in [-0.39, 0.29) is 30.4 Å². The molecule has 0 radical (unpaired) electrons. The number of nitrogens with zero attached hydrogens (tertiary/aromatic N) is 3. The van der Waals surface area contributed by atoms with Crippen LogP contribution in [0.2, 0.25) is 0 Å². The van der Waals surface area contributed by atoms with Gasteiger partial charge in [0.05, 0.1) is 17.5 Å². The lowest BCUT2D eigenvalue weighted by Gasteiger charge is -2.17. The first-order valence-corrected chi connectivity index (χ1v) is 12.0. The van der Waals surface area contributed by atoms with Crippen LogP contribution in [-0.2, 0) is 16.7 Å². The molecular weight excluding hydrogens is 437 g/mol. The van der Waals surface area contributed by atoms with Gasteiger partial charge < -0.3 is 15.0 Å². The van der Waals surface area contributed by atoms with Crippen LogP contribution in [0.5, 0.6) is 0 Å². The molecule has 0 spiro atoms. The minimum Gasteiger partial charge on any atom is -0.393 e. The van der Waals surface area contributed by atoms with Gasteiger partial charge in [0, 0.05) is 24.7 Å². The van der Waals surface area contributed by atoms with Crippen molar-refractivity contribution in [3.8, 4) is 0 Å². The number of aryl methyl sites for hydroxylation is 1. The largest absolute Gasteiger partial charge is 0.393 e. The number of aromatic nitrogens is 3. The zero-order valence-electron chi connectivity index (χ0n) is 17.1. The molecule has 0 saturated heterocycles. The second-order valence-corrected chi connectivity index (χ2v) is 9.78. The van der Waals surface area contributed by atoms with Gasteiger partial charge >= 0.3 is 10.3 Å². The van der Waals surface area contributed by atoms with E-state index in [1.54, 1.807) is 6.07 Å². The van der Waals surface area contributed by atoms with Crippen molar-refractivity contribution in [2.24, 2.45) is 5.92 Å². The Bertz CT molecular complexity index is 1260. The van der Waals surface area contributed by atoms with Crippen molar-refractivity contribution in [1.82, 2.24) is 19.3 Å². The van der Waals surface area contributed by atoms with E-state index in [0.29, 0.717) is 18.7 Å². The van der Waals surface area contributed by atoms with Gasteiger partial charge in [0.2, 0.25) is 0 Å². The molecule has 3 aromatic rings. The SMILES string of the molecule is O=S(=O)(O)NC[C@@H]1C[C@@H](n2ccc3c(N[C@H]4CCc5cc(F)ccc54)ncnc32)C[C@@H]1O. The zero-order chi connectivity index (χ0) is 22.5. The third-order valence-corrected chi connectivity index (χ3v) is 7.09. The normalized spacial score (nSPS) is 25.3. The average molecular weight is 462 g/mol. The topological polar surface area (TPSA) is 129 Å². The van der Waals surface area contributed by atoms with Gasteiger partial charge in [-0.2, -0.15) is 13.1 Å². The smallest absolute Gasteiger partial charge is 0.333 e. The van der Waals surface area contributed by atoms with E-state index in [1.807, 2.05) is 22.9 Å². The van der Waals surface area contributed by atoms with Gasteiger partial charge in [-0.25, -0.2) is 14.4 Å². The minimum absolute atomic E-state index is 0.0286. The summed E-state index contributed by atoms with van der Waals surface area (Å²) in [7, 11) is -4.30. The fraction of sp³-hybridized carbons (Fsp3) is 0.429. The molecular formula is C21H24FN5O4S. The highest BCUT2D eigenvalue weighted by Gasteiger charge is 2.35. The summed E-state index contributed by atoms with van der Waals surface area (Å²) in [6, 6.07) is 6.78. The molecule has 1 saturated carbocycles. The van der Waals surface area contributed by atoms with E-state index in [9.17, 15) is 17.9 Å². The van der Waals surface area contributed by atoms with Crippen molar-refractivity contribution in [1.29, 1.82) is 0 Å². The maximum absolute atomic E-state index is 13.5. The highest BCUT2D eigenvalue weighted by molar-refractivity contribution is 7.83. The summed E-state index contributed by atoms with van der Waals surface area (Å²) in [6.07, 6.45) is 5.35. The average Bonchev–Trinajstić information content (AvgIpc) is 3.43. The van der Waals surface area contributed by atoms with Crippen molar-refractivity contribution in [2.45, 2.75) is 43.9 Å². The molecule has 0 amide bonds. The molecule has 170 valence electrons. The summed E-state index contributed by atoms with van der Waals surface area (Å²) in [4.78, 5) is 8.87. The number of fused-ring (bicyclic) bond motifs is 2. The van der Waals surface area contributed by atoms with E-state index in [4.69, 9.17) is 4.55 Å². The Hall–Kier alpha value is -2.60. The standard InChI is InChI=1S/C21H24FN5O4S/c22-14-2-3-16-12(7-14)1-4-18(16)26-20-17-5-6-27(21(17)24-11-23-20)15-8-13(19(28)9-15)10-25-32(29,30)31/h2-3,5-7,11,13,15,18-19,25,28H,1,4,8-10H2,(H,23,24,26)(H,29,30,31)/t13-,15+,18-,19-/m0/s1. The number of aliphatic hydroxyl groups excluding tert-OH is 1. The highest BCUT2D eigenvalue weighted by atomic mass is 32.2. The Labute approximate surface area is 184 Å². The maximum Gasteiger partial charge on any atom is 0.333 e. The van der Waals surface area contributed by atoms with E-state index in [2.05, 4.69) is 20.0 Å². The molecule has 1 aromatic carbocycles. The molecule has 5 rings (SSSR count). The molecule has 2 heterocycles. The minimum atomic E-state index is -4.30. The lowest BCUT2D eigenvalue weighted by Crippen LogP contribution is -2.31. The van der Waals surface area contributed by atoms with Crippen LogP contribution in [0.15, 0.2) is 36.8 Å². The molecule has 2 aromatic heterocycles. The van der Waals surface area contributed by atoms with Gasteiger partial charge in [-0.1, -0.05) is 6.07 Å². The Balaban J connectivity index is 1.36. The van der Waals surface area contributed by atoms with Crippen LogP contribution in [0, 0.1) is 11.7 Å². The van der Waals surface area contributed by atoms with Crippen molar-refractivity contribution >= 4 is 27.2 Å². The van der Waals surface area contributed by atoms with Crippen LogP contribution in [0.25, 0.3) is 11.0 Å². The third kappa shape index (κ3) is 4.08. The predicted molar refractivity (Wildman–Crippen MR) is 116 cm³/mol. The number of aliphatic hydroxyl groups is 1. The first-order valence-electron chi connectivity index (χ1n) is 10.5. The van der Waals surface area contributed by atoms with Gasteiger partial charge in [-0.15, -0.1) is 0 Å². The first-order chi connectivity index (χ1) is 15.3. The van der Waals surface area contributed by atoms with E-state index >= 15 is 0 Å². The summed E-state index contributed by atoms with van der Waals surface area (Å²) in [5.41, 5.74) is 2.81. The number of halogens is 1. The van der Waals surface area contributed by atoms with Gasteiger partial charge in [0.25, 0.3) is 0 Å². The monoisotopic (exact) mass is 461 g/mol. The van der Waals surface area contributed by atoms with E-state index in [0.717, 1.165) is 35.0 Å². The molecule has 0 unspecified atom stereocenters. The predicted octanol–water partition coefficient (Wildman–Crippen LogP) is 2.37. The number of nitrogens with one attached hydrogen (secondary N) is 2. The number of anilines is 1. The molecule has 1 fully saturated rings. The van der Waals surface area contributed by atoms with Crippen molar-refractivity contribution in [3.63, 3.8) is 0 Å². The molecule has 0 aliphatic heterocycles. The van der Waals surface area contributed by atoms with Gasteiger partial charge in [0.1, 0.15) is 23.6 Å². The second-order valence-electron chi connectivity index (χ2n) is 8.54. The quantitative estimate of drug-likeness (QED) is 0.415. The van der Waals surface area contributed by atoms with Gasteiger partial charge in [0.15, 0.2) is 0 Å². The lowest BCUT2D eigenvalue weighted by atomic mass is 10.1. The number of benzene rings is 1.